The van der Waals surface area contributed by atoms with Gasteiger partial charge in [0, 0.05) is 28.9 Å². The van der Waals surface area contributed by atoms with Gasteiger partial charge >= 0.3 is 0 Å². The molecule has 2 aromatic rings. The van der Waals surface area contributed by atoms with Gasteiger partial charge in [-0.2, -0.15) is 0 Å². The van der Waals surface area contributed by atoms with Crippen molar-refractivity contribution in [1.82, 2.24) is 4.90 Å². The number of hydrogen-bond donors (Lipinski definition) is 1. The van der Waals surface area contributed by atoms with Crippen LogP contribution in [0.1, 0.15) is 25.3 Å². The molecule has 0 radical (unpaired) electrons. The Kier molecular flexibility index (Phi) is 9.47. The lowest BCUT2D eigenvalue weighted by atomic mass is 9.70. The highest BCUT2D eigenvalue weighted by molar-refractivity contribution is 9.09. The number of carbonyl (C=O) groups is 3. The number of nitrogens with zero attached hydrogens (tertiary/aromatic N) is 3. The predicted octanol–water partition coefficient (Wildman–Crippen LogP) is 5.62. The van der Waals surface area contributed by atoms with Crippen molar-refractivity contribution in [2.24, 2.45) is 11.8 Å². The third-order valence-electron chi connectivity index (χ3n) is 9.00. The van der Waals surface area contributed by atoms with E-state index in [4.69, 9.17) is 11.6 Å². The van der Waals surface area contributed by atoms with Gasteiger partial charge in [-0.1, -0.05) is 76.9 Å². The summed E-state index contributed by atoms with van der Waals surface area (Å²) in [6, 6.07) is 13.4. The summed E-state index contributed by atoms with van der Waals surface area (Å²) in [5, 5.41) is 10.7. The van der Waals surface area contributed by atoms with E-state index < -0.39 is 28.7 Å². The topological polar surface area (TPSA) is 81.2 Å². The molecule has 2 bridgehead atoms. The summed E-state index contributed by atoms with van der Waals surface area (Å²) in [4.78, 5) is 48.8. The third kappa shape index (κ3) is 5.16. The van der Waals surface area contributed by atoms with Crippen LogP contribution in [0.15, 0.2) is 73.8 Å². The first-order chi connectivity index (χ1) is 20.7. The monoisotopic (exact) mass is 685 g/mol. The van der Waals surface area contributed by atoms with Crippen molar-refractivity contribution in [2.75, 3.05) is 29.5 Å². The number of hydrogen-bond acceptors (Lipinski definition) is 5. The highest BCUT2D eigenvalue weighted by Crippen LogP contribution is 2.68. The Morgan fingerprint density at radius 3 is 2.42 bits per heavy atom. The molecule has 3 heterocycles. The smallest absolute Gasteiger partial charge is 0.251 e. The molecule has 10 heteroatoms. The SMILES string of the molecule is C=CCN(C(=O)[C@H]1[C@H]2C(=O)N([C@@H](CC)CO)C(C(=O)N(CC=C)c3c(C)cccc3Cl)C23CC(Br)[C@@H]1S3)c1ccccc1. The Hall–Kier alpha value is -2.59. The van der Waals surface area contributed by atoms with E-state index >= 15 is 0 Å². The van der Waals surface area contributed by atoms with E-state index in [-0.39, 0.29) is 47.5 Å². The number of rotatable bonds is 11. The Balaban J connectivity index is 1.64. The second-order valence-electron chi connectivity index (χ2n) is 11.4. The summed E-state index contributed by atoms with van der Waals surface area (Å²) in [7, 11) is 0. The lowest BCUT2D eigenvalue weighted by Gasteiger charge is -2.40. The number of halogens is 2. The molecule has 3 aliphatic heterocycles. The van der Waals surface area contributed by atoms with E-state index in [9.17, 15) is 19.5 Å². The van der Waals surface area contributed by atoms with Crippen molar-refractivity contribution in [3.63, 3.8) is 0 Å². The number of aryl methyl sites for hydroxylation is 1. The molecule has 43 heavy (non-hydrogen) atoms. The molecule has 3 aliphatic rings. The van der Waals surface area contributed by atoms with Crippen molar-refractivity contribution >= 4 is 68.4 Å². The van der Waals surface area contributed by atoms with Gasteiger partial charge in [-0.25, -0.2) is 0 Å². The Bertz CT molecular complexity index is 1400. The molecule has 1 N–H and O–H groups in total. The molecule has 3 saturated heterocycles. The molecular formula is C33H37BrClN3O4S. The van der Waals surface area contributed by atoms with Crippen LogP contribution in [0.3, 0.4) is 0 Å². The van der Waals surface area contributed by atoms with Crippen LogP contribution in [-0.4, -0.2) is 74.3 Å². The molecule has 7 nitrogen and oxygen atoms in total. The van der Waals surface area contributed by atoms with Gasteiger partial charge in [0.25, 0.3) is 5.91 Å². The summed E-state index contributed by atoms with van der Waals surface area (Å²) >= 11 is 12.1. The maximum Gasteiger partial charge on any atom is 0.251 e. The fraction of sp³-hybridized carbons (Fsp3) is 0.424. The number of para-hydroxylation sites is 2. The number of carbonyl (C=O) groups excluding carboxylic acids is 3. The van der Waals surface area contributed by atoms with Gasteiger partial charge in [0.2, 0.25) is 11.8 Å². The molecule has 0 aromatic heterocycles. The molecule has 3 amide bonds. The second kappa shape index (κ2) is 12.8. The van der Waals surface area contributed by atoms with Crippen LogP contribution in [0.2, 0.25) is 5.02 Å². The molecule has 5 rings (SSSR count). The number of thioether (sulfide) groups is 1. The van der Waals surface area contributed by atoms with Crippen molar-refractivity contribution in [2.45, 2.75) is 53.6 Å². The fourth-order valence-electron chi connectivity index (χ4n) is 7.21. The van der Waals surface area contributed by atoms with Gasteiger partial charge in [-0.3, -0.25) is 14.4 Å². The van der Waals surface area contributed by atoms with Gasteiger partial charge in [0.1, 0.15) is 6.04 Å². The van der Waals surface area contributed by atoms with Crippen molar-refractivity contribution < 1.29 is 19.5 Å². The highest BCUT2D eigenvalue weighted by atomic mass is 79.9. The summed E-state index contributed by atoms with van der Waals surface area (Å²) in [5.41, 5.74) is 2.11. The first kappa shape index (κ1) is 31.8. The highest BCUT2D eigenvalue weighted by Gasteiger charge is 2.76. The molecule has 3 unspecified atom stereocenters. The third-order valence-corrected chi connectivity index (χ3v) is 12.5. The number of aliphatic hydroxyl groups excluding tert-OH is 1. The van der Waals surface area contributed by atoms with E-state index in [1.165, 1.54) is 0 Å². The Labute approximate surface area is 271 Å². The Morgan fingerprint density at radius 2 is 1.81 bits per heavy atom. The van der Waals surface area contributed by atoms with E-state index in [0.717, 1.165) is 11.3 Å². The fourth-order valence-corrected chi connectivity index (χ4v) is 11.1. The zero-order chi connectivity index (χ0) is 31.1. The zero-order valence-electron chi connectivity index (χ0n) is 24.4. The number of alkyl halides is 1. The van der Waals surface area contributed by atoms with Gasteiger partial charge in [-0.15, -0.1) is 24.9 Å². The number of fused-ring (bicyclic) bond motifs is 1. The van der Waals surface area contributed by atoms with Gasteiger partial charge in [0.05, 0.1) is 39.9 Å². The Morgan fingerprint density at radius 1 is 1.14 bits per heavy atom. The summed E-state index contributed by atoms with van der Waals surface area (Å²) < 4.78 is -0.874. The minimum atomic E-state index is -0.907. The second-order valence-corrected chi connectivity index (χ2v) is 14.5. The molecular weight excluding hydrogens is 650 g/mol. The summed E-state index contributed by atoms with van der Waals surface area (Å²) in [6.07, 6.45) is 4.32. The van der Waals surface area contributed by atoms with Crippen LogP contribution in [0.25, 0.3) is 0 Å². The number of anilines is 2. The van der Waals surface area contributed by atoms with Crippen LogP contribution in [0, 0.1) is 18.8 Å². The average Bonchev–Trinajstić information content (AvgIpc) is 3.59. The number of aliphatic hydroxyl groups is 1. The first-order valence-electron chi connectivity index (χ1n) is 14.6. The maximum atomic E-state index is 14.9. The molecule has 0 saturated carbocycles. The average molecular weight is 687 g/mol. The summed E-state index contributed by atoms with van der Waals surface area (Å²) in [6.45, 7) is 11.7. The standard InChI is InChI=1S/C33H37BrClN3O4S/c1-5-16-36(22-13-9-8-10-14-22)30(40)25-26-31(41)38(21(7-3)19-39)29(33(26)18-23(34)28(25)43-33)32(42)37(17-6-2)27-20(4)12-11-15-24(27)35/h5-6,8-15,21,23,25-26,28-29,39H,1-2,7,16-19H2,3-4H3/t21-,23?,25-,26-,28-,29?,33?/m0/s1. The molecule has 1 spiro atoms. The van der Waals surface area contributed by atoms with Gasteiger partial charge in [-0.05, 0) is 43.5 Å². The van der Waals surface area contributed by atoms with Gasteiger partial charge < -0.3 is 19.8 Å². The number of amides is 3. The van der Waals surface area contributed by atoms with Crippen LogP contribution in [0.4, 0.5) is 11.4 Å². The molecule has 228 valence electrons. The van der Waals surface area contributed by atoms with Gasteiger partial charge in [0.15, 0.2) is 0 Å². The molecule has 0 aliphatic carbocycles. The van der Waals surface area contributed by atoms with Crippen LogP contribution < -0.4 is 9.80 Å². The van der Waals surface area contributed by atoms with Crippen LogP contribution in [0.5, 0.6) is 0 Å². The van der Waals surface area contributed by atoms with Crippen molar-refractivity contribution in [3.05, 3.63) is 84.4 Å². The summed E-state index contributed by atoms with van der Waals surface area (Å²) in [5.74, 6) is -2.10. The first-order valence-corrected chi connectivity index (χ1v) is 16.7. The minimum Gasteiger partial charge on any atom is -0.394 e. The lowest BCUT2D eigenvalue weighted by Crippen LogP contribution is -2.58. The number of likely N-dealkylation sites (tertiary alicyclic amines) is 1. The number of benzene rings is 2. The van der Waals surface area contributed by atoms with Crippen LogP contribution >= 0.6 is 39.3 Å². The largest absolute Gasteiger partial charge is 0.394 e. The van der Waals surface area contributed by atoms with E-state index in [1.54, 1.807) is 44.7 Å². The van der Waals surface area contributed by atoms with E-state index in [2.05, 4.69) is 29.1 Å². The molecule has 2 aromatic carbocycles. The molecule has 3 fully saturated rings. The van der Waals surface area contributed by atoms with Crippen LogP contribution in [-0.2, 0) is 14.4 Å². The lowest BCUT2D eigenvalue weighted by molar-refractivity contribution is -0.141. The normalized spacial score (nSPS) is 28.0. The van der Waals surface area contributed by atoms with Crippen molar-refractivity contribution in [1.29, 1.82) is 0 Å². The maximum absolute atomic E-state index is 14.9. The van der Waals surface area contributed by atoms with Crippen molar-refractivity contribution in [3.8, 4) is 0 Å². The van der Waals surface area contributed by atoms with E-state index in [0.29, 0.717) is 23.6 Å². The predicted molar refractivity (Wildman–Crippen MR) is 178 cm³/mol. The van der Waals surface area contributed by atoms with E-state index in [1.807, 2.05) is 56.3 Å². The minimum absolute atomic E-state index is 0.0868. The quantitative estimate of drug-likeness (QED) is 0.245. The molecule has 7 atom stereocenters. The zero-order valence-corrected chi connectivity index (χ0v) is 27.5.